The van der Waals surface area contributed by atoms with Gasteiger partial charge in [-0.3, -0.25) is 4.79 Å². The Morgan fingerprint density at radius 1 is 1.26 bits per heavy atom. The number of carbonyl (C=O) groups excluding carboxylic acids is 1. The minimum absolute atomic E-state index is 0.110. The lowest BCUT2D eigenvalue weighted by molar-refractivity contribution is 0.0852. The summed E-state index contributed by atoms with van der Waals surface area (Å²) in [4.78, 5) is 16.0. The molecule has 0 spiro atoms. The molecule has 0 aliphatic heterocycles. The zero-order valence-electron chi connectivity index (χ0n) is 14.3. The zero-order valence-corrected chi connectivity index (χ0v) is 15.2. The highest BCUT2D eigenvalue weighted by atomic mass is 32.1. The Morgan fingerprint density at radius 3 is 2.52 bits per heavy atom. The Balaban J connectivity index is 1.88. The maximum Gasteiger partial charge on any atom is 0.191 e. The maximum atomic E-state index is 12.0. The highest BCUT2D eigenvalue weighted by molar-refractivity contribution is 7.11. The zero-order chi connectivity index (χ0) is 16.9. The van der Waals surface area contributed by atoms with Gasteiger partial charge in [-0.1, -0.05) is 26.0 Å². The number of aromatic nitrogens is 1. The van der Waals surface area contributed by atoms with E-state index in [0.29, 0.717) is 17.3 Å². The van der Waals surface area contributed by atoms with Gasteiger partial charge in [0.15, 0.2) is 10.8 Å². The van der Waals surface area contributed by atoms with Crippen molar-refractivity contribution in [1.82, 2.24) is 4.98 Å². The molecule has 0 bridgehead atoms. The number of nitrogens with zero attached hydrogens (tertiary/aromatic N) is 1. The molecule has 2 rings (SSSR count). The molecule has 3 nitrogen and oxygen atoms in total. The number of hydrogen-bond acceptors (Lipinski definition) is 4. The molecule has 0 aliphatic carbocycles. The summed E-state index contributed by atoms with van der Waals surface area (Å²) in [5, 5.41) is 2.43. The molecule has 4 heteroatoms. The van der Waals surface area contributed by atoms with Crippen LogP contribution in [0.1, 0.15) is 55.9 Å². The number of benzene rings is 1. The summed E-state index contributed by atoms with van der Waals surface area (Å²) >= 11 is 1.40. The van der Waals surface area contributed by atoms with Gasteiger partial charge in [0.05, 0.1) is 0 Å². The fourth-order valence-corrected chi connectivity index (χ4v) is 3.40. The van der Waals surface area contributed by atoms with Gasteiger partial charge in [0, 0.05) is 18.0 Å². The normalized spacial score (nSPS) is 11.7. The average Bonchev–Trinajstić information content (AvgIpc) is 2.98. The fraction of sp³-hybridized carbons (Fsp3) is 0.474. The molecule has 0 fully saturated rings. The van der Waals surface area contributed by atoms with Crippen molar-refractivity contribution in [3.63, 3.8) is 0 Å². The Bertz CT molecular complexity index is 615. The smallest absolute Gasteiger partial charge is 0.191 e. The Labute approximate surface area is 142 Å². The highest BCUT2D eigenvalue weighted by Crippen LogP contribution is 2.24. The lowest BCUT2D eigenvalue weighted by Crippen LogP contribution is -2.29. The predicted molar refractivity (Wildman–Crippen MR) is 95.4 cm³/mol. The van der Waals surface area contributed by atoms with E-state index in [2.05, 4.69) is 32.7 Å². The van der Waals surface area contributed by atoms with Gasteiger partial charge in [-0.2, -0.15) is 0 Å². The van der Waals surface area contributed by atoms with Crippen molar-refractivity contribution in [3.8, 4) is 5.75 Å². The van der Waals surface area contributed by atoms with Crippen LogP contribution in [0.25, 0.3) is 0 Å². The number of carbonyl (C=O) groups is 1. The SMILES string of the molecule is CC(C)CC(C)(C)Oc1ccc(CCC(=O)c2nccs2)cc1. The van der Waals surface area contributed by atoms with Crippen LogP contribution >= 0.6 is 11.3 Å². The van der Waals surface area contributed by atoms with E-state index in [0.717, 1.165) is 24.2 Å². The third-order valence-electron chi connectivity index (χ3n) is 3.53. The summed E-state index contributed by atoms with van der Waals surface area (Å²) < 4.78 is 6.08. The molecule has 1 aromatic carbocycles. The number of aryl methyl sites for hydroxylation is 1. The molecule has 0 saturated carbocycles. The van der Waals surface area contributed by atoms with Crippen molar-refractivity contribution in [2.24, 2.45) is 5.92 Å². The fourth-order valence-electron chi connectivity index (χ4n) is 2.79. The van der Waals surface area contributed by atoms with Gasteiger partial charge in [0.1, 0.15) is 11.4 Å². The van der Waals surface area contributed by atoms with Gasteiger partial charge in [-0.05, 0) is 50.3 Å². The Kier molecular flexibility index (Phi) is 5.94. The van der Waals surface area contributed by atoms with Gasteiger partial charge in [0.2, 0.25) is 0 Å². The lowest BCUT2D eigenvalue weighted by atomic mass is 9.96. The van der Waals surface area contributed by atoms with E-state index >= 15 is 0 Å². The van der Waals surface area contributed by atoms with Crippen LogP contribution in [0.5, 0.6) is 5.75 Å². The van der Waals surface area contributed by atoms with Crippen LogP contribution in [-0.4, -0.2) is 16.4 Å². The van der Waals surface area contributed by atoms with Gasteiger partial charge in [-0.25, -0.2) is 4.98 Å². The molecule has 0 amide bonds. The van der Waals surface area contributed by atoms with Crippen molar-refractivity contribution >= 4 is 17.1 Å². The molecule has 2 aromatic rings. The molecule has 23 heavy (non-hydrogen) atoms. The average molecular weight is 331 g/mol. The summed E-state index contributed by atoms with van der Waals surface area (Å²) in [7, 11) is 0. The second kappa shape index (κ2) is 7.73. The van der Waals surface area contributed by atoms with Crippen molar-refractivity contribution in [3.05, 3.63) is 46.4 Å². The third kappa shape index (κ3) is 5.79. The van der Waals surface area contributed by atoms with Crippen LogP contribution in [0.2, 0.25) is 0 Å². The number of Topliss-reactive ketones (excluding diaryl/α,β-unsaturated/α-hetero) is 1. The summed E-state index contributed by atoms with van der Waals surface area (Å²) in [5.41, 5.74) is 0.972. The van der Waals surface area contributed by atoms with E-state index in [1.54, 1.807) is 6.20 Å². The summed E-state index contributed by atoms with van der Waals surface area (Å²) in [6, 6.07) is 8.06. The first-order valence-electron chi connectivity index (χ1n) is 8.06. The second-order valence-corrected chi connectivity index (χ2v) is 7.76. The van der Waals surface area contributed by atoms with E-state index < -0.39 is 0 Å². The second-order valence-electron chi connectivity index (χ2n) is 6.86. The molecule has 0 N–H and O–H groups in total. The van der Waals surface area contributed by atoms with Gasteiger partial charge < -0.3 is 4.74 Å². The molecule has 0 saturated heterocycles. The molecule has 0 radical (unpaired) electrons. The molecule has 124 valence electrons. The van der Waals surface area contributed by atoms with E-state index in [4.69, 9.17) is 4.74 Å². The molecular weight excluding hydrogens is 306 g/mol. The predicted octanol–water partition coefficient (Wildman–Crippen LogP) is 5.16. The maximum absolute atomic E-state index is 12.0. The number of ketones is 1. The van der Waals surface area contributed by atoms with E-state index in [9.17, 15) is 4.79 Å². The van der Waals surface area contributed by atoms with Crippen LogP contribution < -0.4 is 4.74 Å². The molecule has 0 atom stereocenters. The minimum Gasteiger partial charge on any atom is -0.488 e. The number of rotatable bonds is 8. The molecule has 0 unspecified atom stereocenters. The van der Waals surface area contributed by atoms with E-state index in [1.165, 1.54) is 11.3 Å². The molecular formula is C19H25NO2S. The number of thiazole rings is 1. The number of hydrogen-bond donors (Lipinski definition) is 0. The summed E-state index contributed by atoms with van der Waals surface area (Å²) in [5.74, 6) is 1.59. The van der Waals surface area contributed by atoms with Gasteiger partial charge >= 0.3 is 0 Å². The third-order valence-corrected chi connectivity index (χ3v) is 4.34. The van der Waals surface area contributed by atoms with Crippen LogP contribution in [0.4, 0.5) is 0 Å². The first-order chi connectivity index (χ1) is 10.9. The van der Waals surface area contributed by atoms with Crippen molar-refractivity contribution in [1.29, 1.82) is 0 Å². The standard InChI is InChI=1S/C19H25NO2S/c1-14(2)13-19(3,4)22-16-8-5-15(6-9-16)7-10-17(21)18-20-11-12-23-18/h5-6,8-9,11-12,14H,7,10,13H2,1-4H3. The van der Waals surface area contributed by atoms with Crippen LogP contribution in [-0.2, 0) is 6.42 Å². The van der Waals surface area contributed by atoms with E-state index in [-0.39, 0.29) is 11.4 Å². The first-order valence-corrected chi connectivity index (χ1v) is 8.94. The summed E-state index contributed by atoms with van der Waals surface area (Å²) in [6.45, 7) is 8.64. The highest BCUT2D eigenvalue weighted by Gasteiger charge is 2.21. The van der Waals surface area contributed by atoms with Crippen LogP contribution in [0.15, 0.2) is 35.8 Å². The largest absolute Gasteiger partial charge is 0.488 e. The number of ether oxygens (including phenoxy) is 1. The first kappa shape index (κ1) is 17.7. The van der Waals surface area contributed by atoms with Crippen LogP contribution in [0, 0.1) is 5.92 Å². The minimum atomic E-state index is -0.170. The van der Waals surface area contributed by atoms with Crippen molar-refractivity contribution < 1.29 is 9.53 Å². The molecule has 1 heterocycles. The Morgan fingerprint density at radius 2 is 1.96 bits per heavy atom. The quantitative estimate of drug-likeness (QED) is 0.627. The molecule has 0 aliphatic rings. The Hall–Kier alpha value is -1.68. The lowest BCUT2D eigenvalue weighted by Gasteiger charge is -2.28. The van der Waals surface area contributed by atoms with Crippen LogP contribution in [0.3, 0.4) is 0 Å². The summed E-state index contributed by atoms with van der Waals surface area (Å²) in [6.07, 6.45) is 3.90. The monoisotopic (exact) mass is 331 g/mol. The van der Waals surface area contributed by atoms with Gasteiger partial charge in [0.25, 0.3) is 0 Å². The topological polar surface area (TPSA) is 39.2 Å². The van der Waals surface area contributed by atoms with E-state index in [1.807, 2.05) is 29.6 Å². The van der Waals surface area contributed by atoms with Crippen molar-refractivity contribution in [2.75, 3.05) is 0 Å². The molecule has 1 aromatic heterocycles. The van der Waals surface area contributed by atoms with Gasteiger partial charge in [-0.15, -0.1) is 11.3 Å². The van der Waals surface area contributed by atoms with Crippen molar-refractivity contribution in [2.45, 2.75) is 52.6 Å².